The Kier molecular flexibility index (Phi) is 32.3. The monoisotopic (exact) mass is 102 g/mol. The van der Waals surface area contributed by atoms with Crippen LogP contribution in [0.5, 0.6) is 0 Å². The van der Waals surface area contributed by atoms with Gasteiger partial charge in [-0.15, -0.1) is 5.73 Å². The minimum Gasteiger partial charge on any atom is -0.180 e. The van der Waals surface area contributed by atoms with Crippen molar-refractivity contribution < 1.29 is 0 Å². The summed E-state index contributed by atoms with van der Waals surface area (Å²) in [5.74, 6) is 0.944. The molecule has 0 heterocycles. The van der Waals surface area contributed by atoms with E-state index in [1.807, 2.05) is 6.92 Å². The summed E-state index contributed by atoms with van der Waals surface area (Å²) in [6, 6.07) is 0. The first-order valence-corrected chi connectivity index (χ1v) is 2.36. The fourth-order valence-electron chi connectivity index (χ4n) is 0. The van der Waals surface area contributed by atoms with Gasteiger partial charge in [0.2, 0.25) is 0 Å². The third-order valence-corrected chi connectivity index (χ3v) is 0. The Morgan fingerprint density at radius 1 is 1.67 bits per heavy atom. The van der Waals surface area contributed by atoms with E-state index in [1.54, 1.807) is 0 Å². The average molecular weight is 102 g/mol. The van der Waals surface area contributed by atoms with Crippen molar-refractivity contribution in [2.24, 2.45) is 0 Å². The van der Waals surface area contributed by atoms with Crippen molar-refractivity contribution in [2.75, 3.05) is 5.75 Å². The van der Waals surface area contributed by atoms with Gasteiger partial charge in [0.1, 0.15) is 0 Å². The van der Waals surface area contributed by atoms with Crippen molar-refractivity contribution in [3.63, 3.8) is 0 Å². The van der Waals surface area contributed by atoms with Gasteiger partial charge in [-0.05, 0) is 5.75 Å². The molecule has 36 valence electrons. The maximum atomic E-state index is 3.79. The smallest absolute Gasteiger partial charge is 0.0126 e. The SMILES string of the molecule is C=C=C.CCS. The summed E-state index contributed by atoms with van der Waals surface area (Å²) in [5, 5.41) is 0. The van der Waals surface area contributed by atoms with E-state index in [9.17, 15) is 0 Å². The third kappa shape index (κ3) is 1890. The van der Waals surface area contributed by atoms with Gasteiger partial charge in [0.05, 0.1) is 0 Å². The lowest BCUT2D eigenvalue weighted by Gasteiger charge is -1.48. The first kappa shape index (κ1) is 9.30. The Bertz CT molecular complexity index is 33.2. The van der Waals surface area contributed by atoms with E-state index in [0.29, 0.717) is 0 Å². The molecule has 0 N–H and O–H groups in total. The van der Waals surface area contributed by atoms with Gasteiger partial charge in [0.25, 0.3) is 0 Å². The minimum atomic E-state index is 0.944. The lowest BCUT2D eigenvalue weighted by atomic mass is 11.0. The molecule has 0 spiro atoms. The van der Waals surface area contributed by atoms with Crippen molar-refractivity contribution in [3.05, 3.63) is 18.9 Å². The van der Waals surface area contributed by atoms with Crippen LogP contribution in [0.1, 0.15) is 6.92 Å². The molecular weight excluding hydrogens is 92.1 g/mol. The van der Waals surface area contributed by atoms with E-state index < -0.39 is 0 Å². The highest BCUT2D eigenvalue weighted by atomic mass is 32.1. The molecule has 0 saturated carbocycles. The van der Waals surface area contributed by atoms with Crippen molar-refractivity contribution in [1.29, 1.82) is 0 Å². The van der Waals surface area contributed by atoms with Crippen LogP contribution in [0.25, 0.3) is 0 Å². The van der Waals surface area contributed by atoms with Crippen LogP contribution in [-0.4, -0.2) is 5.75 Å². The number of thiol groups is 1. The number of hydrogen-bond donors (Lipinski definition) is 1. The van der Waals surface area contributed by atoms with Crippen LogP contribution in [0.15, 0.2) is 18.9 Å². The summed E-state index contributed by atoms with van der Waals surface area (Å²) in [6.07, 6.45) is 0. The topological polar surface area (TPSA) is 0 Å². The number of hydrogen-bond acceptors (Lipinski definition) is 1. The largest absolute Gasteiger partial charge is 0.180 e. The molecule has 0 nitrogen and oxygen atoms in total. The molecule has 0 aromatic rings. The van der Waals surface area contributed by atoms with E-state index in [1.165, 1.54) is 0 Å². The van der Waals surface area contributed by atoms with Crippen LogP contribution in [0.2, 0.25) is 0 Å². The molecule has 0 atom stereocenters. The molecule has 0 aliphatic rings. The summed E-state index contributed by atoms with van der Waals surface area (Å²) in [6.45, 7) is 8.24. The molecule has 0 aliphatic heterocycles. The molecule has 0 amide bonds. The van der Waals surface area contributed by atoms with E-state index in [2.05, 4.69) is 31.5 Å². The first-order chi connectivity index (χ1) is 2.83. The molecule has 0 rings (SSSR count). The van der Waals surface area contributed by atoms with Crippen molar-refractivity contribution in [2.45, 2.75) is 6.92 Å². The molecule has 0 aliphatic carbocycles. The zero-order valence-electron chi connectivity index (χ0n) is 4.07. The van der Waals surface area contributed by atoms with Gasteiger partial charge in [-0.3, -0.25) is 0 Å². The summed E-state index contributed by atoms with van der Waals surface area (Å²) < 4.78 is 0. The molecule has 0 bridgehead atoms. The van der Waals surface area contributed by atoms with Gasteiger partial charge in [-0.25, -0.2) is 0 Å². The highest BCUT2D eigenvalue weighted by molar-refractivity contribution is 7.80. The molecule has 0 radical (unpaired) electrons. The normalized spacial score (nSPS) is 4.33. The third-order valence-electron chi connectivity index (χ3n) is 0. The summed E-state index contributed by atoms with van der Waals surface area (Å²) >= 11 is 3.79. The molecule has 0 unspecified atom stereocenters. The Hall–Kier alpha value is -0.130. The Balaban J connectivity index is 0. The van der Waals surface area contributed by atoms with Crippen LogP contribution < -0.4 is 0 Å². The molecule has 0 fully saturated rings. The summed E-state index contributed by atoms with van der Waals surface area (Å²) in [5.41, 5.74) is 2.25. The van der Waals surface area contributed by atoms with Crippen LogP contribution in [0.3, 0.4) is 0 Å². The standard InChI is InChI=1S/C3H4.C2H6S/c1-3-2;1-2-3/h1-2H2;3H,2H2,1H3. The number of rotatable bonds is 0. The zero-order valence-corrected chi connectivity index (χ0v) is 4.96. The van der Waals surface area contributed by atoms with Crippen molar-refractivity contribution in [3.8, 4) is 0 Å². The van der Waals surface area contributed by atoms with E-state index >= 15 is 0 Å². The average Bonchev–Trinajstić information content (AvgIpc) is 1.39. The maximum absolute atomic E-state index is 3.79. The zero-order chi connectivity index (χ0) is 5.41. The van der Waals surface area contributed by atoms with Gasteiger partial charge in [0, 0.05) is 0 Å². The lowest BCUT2D eigenvalue weighted by molar-refractivity contribution is 1.54. The fraction of sp³-hybridized carbons (Fsp3) is 0.400. The predicted molar refractivity (Wildman–Crippen MR) is 34.3 cm³/mol. The second-order valence-corrected chi connectivity index (χ2v) is 1.20. The van der Waals surface area contributed by atoms with E-state index in [-0.39, 0.29) is 0 Å². The lowest BCUT2D eigenvalue weighted by Crippen LogP contribution is -1.36. The molecule has 0 aromatic heterocycles. The highest BCUT2D eigenvalue weighted by Gasteiger charge is 1.35. The van der Waals surface area contributed by atoms with E-state index in [0.717, 1.165) is 5.75 Å². The molecule has 1 heteroatoms. The molecule has 0 aromatic carbocycles. The Labute approximate surface area is 45.0 Å². The van der Waals surface area contributed by atoms with Crippen LogP contribution in [0.4, 0.5) is 0 Å². The molecule has 0 saturated heterocycles. The van der Waals surface area contributed by atoms with Crippen molar-refractivity contribution in [1.82, 2.24) is 0 Å². The predicted octanol–water partition coefficient (Wildman–Crippen LogP) is 1.89. The van der Waals surface area contributed by atoms with Crippen LogP contribution in [-0.2, 0) is 0 Å². The maximum Gasteiger partial charge on any atom is -0.0126 e. The van der Waals surface area contributed by atoms with Gasteiger partial charge in [0.15, 0.2) is 0 Å². The Morgan fingerprint density at radius 2 is 1.67 bits per heavy atom. The highest BCUT2D eigenvalue weighted by Crippen LogP contribution is 1.58. The van der Waals surface area contributed by atoms with Gasteiger partial charge >= 0.3 is 0 Å². The first-order valence-electron chi connectivity index (χ1n) is 1.73. The van der Waals surface area contributed by atoms with Crippen molar-refractivity contribution >= 4 is 12.6 Å². The fourth-order valence-corrected chi connectivity index (χ4v) is 0. The molecular formula is C5H10S. The Morgan fingerprint density at radius 3 is 1.67 bits per heavy atom. The van der Waals surface area contributed by atoms with Gasteiger partial charge in [-0.2, -0.15) is 12.6 Å². The molecule has 6 heavy (non-hydrogen) atoms. The quantitative estimate of drug-likeness (QED) is 0.350. The second kappa shape index (κ2) is 20.9. The van der Waals surface area contributed by atoms with Gasteiger partial charge < -0.3 is 0 Å². The van der Waals surface area contributed by atoms with Gasteiger partial charge in [-0.1, -0.05) is 20.1 Å². The summed E-state index contributed by atoms with van der Waals surface area (Å²) in [4.78, 5) is 0. The summed E-state index contributed by atoms with van der Waals surface area (Å²) in [7, 11) is 0. The van der Waals surface area contributed by atoms with E-state index in [4.69, 9.17) is 0 Å². The minimum absolute atomic E-state index is 0.944. The van der Waals surface area contributed by atoms with Crippen LogP contribution >= 0.6 is 12.6 Å². The van der Waals surface area contributed by atoms with Crippen LogP contribution in [0, 0.1) is 0 Å². The second-order valence-electron chi connectivity index (χ2n) is 0.566.